The lowest BCUT2D eigenvalue weighted by atomic mass is 9.94. The van der Waals surface area contributed by atoms with Crippen molar-refractivity contribution in [3.05, 3.63) is 113 Å². The molecule has 0 fully saturated rings. The zero-order valence-corrected chi connectivity index (χ0v) is 19.3. The van der Waals surface area contributed by atoms with Gasteiger partial charge in [0.15, 0.2) is 0 Å². The third-order valence-corrected chi connectivity index (χ3v) is 7.10. The smallest absolute Gasteiger partial charge is 0.252 e. The Morgan fingerprint density at radius 2 is 1.94 bits per heavy atom. The van der Waals surface area contributed by atoms with Crippen molar-refractivity contribution in [1.29, 1.82) is 0 Å². The van der Waals surface area contributed by atoms with Gasteiger partial charge in [-0.05, 0) is 71.5 Å². The third kappa shape index (κ3) is 3.18. The Balaban J connectivity index is 1.34. The van der Waals surface area contributed by atoms with Gasteiger partial charge in [-0.1, -0.05) is 42.5 Å². The van der Waals surface area contributed by atoms with Gasteiger partial charge in [0, 0.05) is 22.7 Å². The molecule has 36 heavy (non-hydrogen) atoms. The average molecular weight is 473 g/mol. The Kier molecular flexibility index (Phi) is 4.61. The van der Waals surface area contributed by atoms with E-state index in [1.807, 2.05) is 42.5 Å². The van der Waals surface area contributed by atoms with Crippen LogP contribution in [0, 0.1) is 5.82 Å². The number of nitrogens with one attached hydrogen (secondary N) is 2. The number of allylic oxidation sites excluding steroid dienone is 3. The van der Waals surface area contributed by atoms with E-state index in [9.17, 15) is 9.18 Å². The maximum atomic E-state index is 13.8. The minimum absolute atomic E-state index is 0.127. The molecule has 1 unspecified atom stereocenters. The molecule has 2 heterocycles. The fraction of sp³-hybridized carbons (Fsp3) is 0.100. The second-order valence-electron chi connectivity index (χ2n) is 9.18. The molecule has 1 atom stereocenters. The molecule has 0 radical (unpaired) electrons. The number of imidazole rings is 1. The van der Waals surface area contributed by atoms with Crippen molar-refractivity contribution < 1.29 is 9.18 Å². The number of hydrogen-bond acceptors (Lipinski definition) is 3. The fourth-order valence-corrected chi connectivity index (χ4v) is 5.51. The van der Waals surface area contributed by atoms with Crippen molar-refractivity contribution in [3.63, 3.8) is 0 Å². The van der Waals surface area contributed by atoms with Crippen molar-refractivity contribution in [2.75, 3.05) is 0 Å². The largest absolute Gasteiger partial charge is 0.341 e. The van der Waals surface area contributed by atoms with Crippen molar-refractivity contribution >= 4 is 33.4 Å². The van der Waals surface area contributed by atoms with E-state index in [4.69, 9.17) is 4.98 Å². The van der Waals surface area contributed by atoms with Gasteiger partial charge in [0.1, 0.15) is 11.6 Å². The Morgan fingerprint density at radius 1 is 1.03 bits per heavy atom. The number of aromatic nitrogens is 3. The quantitative estimate of drug-likeness (QED) is 0.315. The highest BCUT2D eigenvalue weighted by molar-refractivity contribution is 6.07. The summed E-state index contributed by atoms with van der Waals surface area (Å²) in [7, 11) is 0. The fourth-order valence-electron chi connectivity index (χ4n) is 5.51. The number of aromatic amines is 1. The minimum atomic E-state index is -0.303. The normalized spacial score (nSPS) is 16.4. The van der Waals surface area contributed by atoms with Crippen LogP contribution in [-0.2, 0) is 0 Å². The molecule has 0 bridgehead atoms. The molecule has 1 amide bonds. The van der Waals surface area contributed by atoms with Crippen molar-refractivity contribution in [1.82, 2.24) is 20.3 Å². The number of benzene rings is 3. The predicted octanol–water partition coefficient (Wildman–Crippen LogP) is 6.51. The third-order valence-electron chi connectivity index (χ3n) is 7.10. The Hall–Kier alpha value is -4.58. The first-order valence-corrected chi connectivity index (χ1v) is 12.0. The number of pyridine rings is 1. The van der Waals surface area contributed by atoms with Crippen LogP contribution in [0.3, 0.4) is 0 Å². The summed E-state index contributed by atoms with van der Waals surface area (Å²) in [5.41, 5.74) is 8.15. The molecule has 174 valence electrons. The number of carbonyl (C=O) groups excluding carboxylic acids is 1. The van der Waals surface area contributed by atoms with Crippen LogP contribution in [0.2, 0.25) is 0 Å². The van der Waals surface area contributed by atoms with Crippen LogP contribution in [-0.4, -0.2) is 20.9 Å². The number of H-pyrrole nitrogens is 1. The molecule has 3 aromatic carbocycles. The monoisotopic (exact) mass is 472 g/mol. The lowest BCUT2D eigenvalue weighted by Crippen LogP contribution is -2.29. The number of fused-ring (bicyclic) bond motifs is 4. The number of amides is 1. The highest BCUT2D eigenvalue weighted by atomic mass is 19.1. The number of rotatable bonds is 3. The predicted molar refractivity (Wildman–Crippen MR) is 139 cm³/mol. The summed E-state index contributed by atoms with van der Waals surface area (Å²) in [6, 6.07) is 19.8. The molecule has 5 nitrogen and oxygen atoms in total. The summed E-state index contributed by atoms with van der Waals surface area (Å²) >= 11 is 0. The first-order valence-electron chi connectivity index (χ1n) is 12.0. The maximum absolute atomic E-state index is 13.8. The summed E-state index contributed by atoms with van der Waals surface area (Å²) in [6.45, 7) is 0. The minimum Gasteiger partial charge on any atom is -0.341 e. The summed E-state index contributed by atoms with van der Waals surface area (Å²) in [4.78, 5) is 26.0. The Morgan fingerprint density at radius 3 is 2.89 bits per heavy atom. The number of halogens is 1. The molecule has 2 N–H and O–H groups in total. The van der Waals surface area contributed by atoms with E-state index in [0.29, 0.717) is 22.4 Å². The average Bonchev–Trinajstić information content (AvgIpc) is 3.47. The van der Waals surface area contributed by atoms with E-state index >= 15 is 0 Å². The highest BCUT2D eigenvalue weighted by Crippen LogP contribution is 2.48. The van der Waals surface area contributed by atoms with E-state index in [1.165, 1.54) is 17.7 Å². The molecule has 2 aliphatic rings. The van der Waals surface area contributed by atoms with Crippen molar-refractivity contribution in [3.8, 4) is 11.4 Å². The summed E-state index contributed by atoms with van der Waals surface area (Å²) in [6.07, 6.45) is 7.85. The van der Waals surface area contributed by atoms with Crippen molar-refractivity contribution in [2.24, 2.45) is 0 Å². The number of hydrogen-bond donors (Lipinski definition) is 2. The lowest BCUT2D eigenvalue weighted by molar-refractivity contribution is 0.0944. The molecule has 2 aromatic heterocycles. The van der Waals surface area contributed by atoms with Gasteiger partial charge in [-0.15, -0.1) is 0 Å². The van der Waals surface area contributed by atoms with Gasteiger partial charge in [-0.2, -0.15) is 0 Å². The zero-order chi connectivity index (χ0) is 24.2. The van der Waals surface area contributed by atoms with Gasteiger partial charge in [0.05, 0.1) is 22.6 Å². The van der Waals surface area contributed by atoms with Gasteiger partial charge in [-0.25, -0.2) is 9.37 Å². The molecule has 0 saturated carbocycles. The van der Waals surface area contributed by atoms with Crippen LogP contribution in [0.5, 0.6) is 0 Å². The van der Waals surface area contributed by atoms with Crippen LogP contribution >= 0.6 is 0 Å². The van der Waals surface area contributed by atoms with Gasteiger partial charge < -0.3 is 10.3 Å². The van der Waals surface area contributed by atoms with Gasteiger partial charge >= 0.3 is 0 Å². The zero-order valence-electron chi connectivity index (χ0n) is 19.3. The lowest BCUT2D eigenvalue weighted by Gasteiger charge is -2.20. The molecule has 0 spiro atoms. The van der Waals surface area contributed by atoms with E-state index < -0.39 is 0 Å². The van der Waals surface area contributed by atoms with Gasteiger partial charge in [-0.3, -0.25) is 9.78 Å². The van der Waals surface area contributed by atoms with Crippen molar-refractivity contribution in [2.45, 2.75) is 18.9 Å². The van der Waals surface area contributed by atoms with Crippen LogP contribution in [0.4, 0.5) is 4.39 Å². The topological polar surface area (TPSA) is 70.7 Å². The molecular formula is C30H21FN4O. The van der Waals surface area contributed by atoms with Crippen LogP contribution in [0.1, 0.15) is 40.4 Å². The molecule has 7 rings (SSSR count). The second-order valence-corrected chi connectivity index (χ2v) is 9.18. The first kappa shape index (κ1) is 20.8. The van der Waals surface area contributed by atoms with E-state index in [2.05, 4.69) is 33.5 Å². The molecule has 0 saturated heterocycles. The first-order chi connectivity index (χ1) is 17.7. The van der Waals surface area contributed by atoms with Gasteiger partial charge in [0.2, 0.25) is 0 Å². The molecule has 6 heteroatoms. The summed E-state index contributed by atoms with van der Waals surface area (Å²) < 4.78 is 13.8. The maximum Gasteiger partial charge on any atom is 0.252 e. The van der Waals surface area contributed by atoms with Crippen LogP contribution < -0.4 is 5.32 Å². The summed E-state index contributed by atoms with van der Waals surface area (Å²) in [5.74, 6) is 0.255. The molecule has 5 aromatic rings. The van der Waals surface area contributed by atoms with E-state index in [1.54, 1.807) is 12.3 Å². The number of carbonyl (C=O) groups is 1. The van der Waals surface area contributed by atoms with E-state index in [-0.39, 0.29) is 17.8 Å². The number of nitrogens with zero attached hydrogens (tertiary/aromatic N) is 2. The Bertz CT molecular complexity index is 1760. The standard InChI is InChI=1S/C30H21FN4O/c31-17-13-14-25-26(16-17)34-29(33-25)23-10-3-9-22-27(23)19-6-1-2-7-20(19)28(22)35-30(36)21-8-4-12-24-18(21)11-5-15-32-24/h1,3-6,8-16,28H,2,7H2,(H,33,34)(H,35,36). The summed E-state index contributed by atoms with van der Waals surface area (Å²) in [5, 5.41) is 4.15. The van der Waals surface area contributed by atoms with Crippen LogP contribution in [0.15, 0.2) is 90.7 Å². The van der Waals surface area contributed by atoms with Crippen LogP contribution in [0.25, 0.3) is 38.9 Å². The SMILES string of the molecule is O=C(NC1C2=C(C=CCC2)c2c(-c3nc4ccc(F)cc4[nH]3)cccc21)c1cccc2ncccc12. The second kappa shape index (κ2) is 7.99. The van der Waals surface area contributed by atoms with E-state index in [0.717, 1.165) is 46.0 Å². The molecular weight excluding hydrogens is 451 g/mol. The Labute approximate surface area is 206 Å². The molecule has 0 aliphatic heterocycles. The highest BCUT2D eigenvalue weighted by Gasteiger charge is 2.34. The van der Waals surface area contributed by atoms with Gasteiger partial charge in [0.25, 0.3) is 5.91 Å². The molecule has 2 aliphatic carbocycles.